The number of nitrogens with two attached hydrogens (primary N) is 1. The highest BCUT2D eigenvalue weighted by Gasteiger charge is 2.37. The van der Waals surface area contributed by atoms with Crippen LogP contribution >= 0.6 is 0 Å². The number of alkyl halides is 3. The van der Waals surface area contributed by atoms with Crippen LogP contribution in [0.15, 0.2) is 48.7 Å². The van der Waals surface area contributed by atoms with E-state index in [9.17, 15) is 22.4 Å². The van der Waals surface area contributed by atoms with Gasteiger partial charge in [-0.05, 0) is 57.0 Å². The van der Waals surface area contributed by atoms with E-state index in [1.807, 2.05) is 4.90 Å². The van der Waals surface area contributed by atoms with Gasteiger partial charge in [0.2, 0.25) is 0 Å². The van der Waals surface area contributed by atoms with Gasteiger partial charge < -0.3 is 20.3 Å². The van der Waals surface area contributed by atoms with Crippen LogP contribution in [0.5, 0.6) is 5.88 Å². The molecule has 1 aromatic heterocycles. The number of carbonyl (C=O) groups is 1. The zero-order valence-electron chi connectivity index (χ0n) is 21.3. The molecule has 3 heterocycles. The molecule has 0 bridgehead atoms. The minimum atomic E-state index is -4.89. The molecule has 2 aromatic carbocycles. The van der Waals surface area contributed by atoms with Crippen molar-refractivity contribution >= 4 is 11.7 Å². The first-order valence-corrected chi connectivity index (χ1v) is 12.9. The summed E-state index contributed by atoms with van der Waals surface area (Å²) in [5, 5.41) is 0. The quantitative estimate of drug-likeness (QED) is 0.433. The van der Waals surface area contributed by atoms with E-state index in [0.717, 1.165) is 38.1 Å². The van der Waals surface area contributed by atoms with Gasteiger partial charge in [0.05, 0.1) is 17.5 Å². The molecule has 5 rings (SSSR count). The largest absolute Gasteiger partial charge is 0.470 e. The number of aromatic nitrogens is 2. The van der Waals surface area contributed by atoms with Crippen LogP contribution in [0.4, 0.5) is 23.4 Å². The number of likely N-dealkylation sites (tertiary alicyclic amines) is 2. The maximum Gasteiger partial charge on any atom is 0.419 e. The average molecular weight is 544 g/mol. The molecule has 0 spiro atoms. The summed E-state index contributed by atoms with van der Waals surface area (Å²) in [6.45, 7) is 3.07. The molecule has 0 radical (unpaired) electrons. The van der Waals surface area contributed by atoms with Gasteiger partial charge in [-0.3, -0.25) is 4.79 Å². The van der Waals surface area contributed by atoms with E-state index >= 15 is 0 Å². The number of nitrogens with zero attached hydrogens (tertiary/aromatic N) is 4. The Labute approximate surface area is 223 Å². The summed E-state index contributed by atoms with van der Waals surface area (Å²) in [6.07, 6.45) is 0.905. The van der Waals surface area contributed by atoms with Gasteiger partial charge in [-0.2, -0.15) is 13.2 Å². The lowest BCUT2D eigenvalue weighted by molar-refractivity contribution is -0.141. The van der Waals surface area contributed by atoms with Gasteiger partial charge in [-0.1, -0.05) is 24.3 Å². The predicted octanol–water partition coefficient (Wildman–Crippen LogP) is 5.16. The number of hydrogen-bond donors (Lipinski definition) is 1. The van der Waals surface area contributed by atoms with Crippen molar-refractivity contribution < 1.29 is 27.1 Å². The van der Waals surface area contributed by atoms with Crippen molar-refractivity contribution in [3.8, 4) is 17.1 Å². The summed E-state index contributed by atoms with van der Waals surface area (Å²) in [6, 6.07) is 10.5. The third-order valence-electron chi connectivity index (χ3n) is 7.33. The summed E-state index contributed by atoms with van der Waals surface area (Å²) in [4.78, 5) is 26.0. The molecular formula is C28H29F4N5O2. The molecule has 1 amide bonds. The average Bonchev–Trinajstić information content (AvgIpc) is 3.47. The van der Waals surface area contributed by atoms with Crippen LogP contribution in [0.3, 0.4) is 0 Å². The van der Waals surface area contributed by atoms with Crippen LogP contribution in [0.2, 0.25) is 0 Å². The van der Waals surface area contributed by atoms with Gasteiger partial charge in [-0.15, -0.1) is 0 Å². The Hall–Kier alpha value is -3.73. The van der Waals surface area contributed by atoms with E-state index in [1.165, 1.54) is 25.1 Å². The monoisotopic (exact) mass is 543 g/mol. The van der Waals surface area contributed by atoms with Gasteiger partial charge in [0, 0.05) is 35.8 Å². The fourth-order valence-corrected chi connectivity index (χ4v) is 5.31. The van der Waals surface area contributed by atoms with Gasteiger partial charge in [-0.25, -0.2) is 14.4 Å². The highest BCUT2D eigenvalue weighted by atomic mass is 19.4. The molecule has 0 atom stereocenters. The maximum absolute atomic E-state index is 13.9. The normalized spacial score (nSPS) is 17.0. The fourth-order valence-electron chi connectivity index (χ4n) is 5.31. The fraction of sp³-hybridized carbons (Fsp3) is 0.393. The molecule has 2 saturated heterocycles. The molecule has 2 fully saturated rings. The Balaban J connectivity index is 1.29. The van der Waals surface area contributed by atoms with E-state index in [0.29, 0.717) is 36.0 Å². The molecular weight excluding hydrogens is 514 g/mol. The number of nitrogen functional groups attached to an aromatic ring is 1. The van der Waals surface area contributed by atoms with Crippen molar-refractivity contribution in [1.29, 1.82) is 0 Å². The molecule has 2 N–H and O–H groups in total. The number of anilines is 1. The van der Waals surface area contributed by atoms with Crippen LogP contribution in [0.25, 0.3) is 11.3 Å². The molecule has 206 valence electrons. The second-order valence-electron chi connectivity index (χ2n) is 9.85. The molecule has 0 aliphatic carbocycles. The van der Waals surface area contributed by atoms with Crippen LogP contribution in [0, 0.1) is 5.82 Å². The highest BCUT2D eigenvalue weighted by molar-refractivity contribution is 5.95. The van der Waals surface area contributed by atoms with Crippen molar-refractivity contribution in [2.24, 2.45) is 0 Å². The molecule has 0 unspecified atom stereocenters. The topological polar surface area (TPSA) is 84.6 Å². The van der Waals surface area contributed by atoms with Gasteiger partial charge >= 0.3 is 6.18 Å². The van der Waals surface area contributed by atoms with Gasteiger partial charge in [0.25, 0.3) is 11.8 Å². The van der Waals surface area contributed by atoms with Crippen molar-refractivity contribution in [2.75, 3.05) is 31.9 Å². The summed E-state index contributed by atoms with van der Waals surface area (Å²) < 4.78 is 59.4. The lowest BCUT2D eigenvalue weighted by atomic mass is 10.0. The van der Waals surface area contributed by atoms with Crippen molar-refractivity contribution in [3.05, 3.63) is 71.2 Å². The maximum atomic E-state index is 13.9. The number of hydrogen-bond acceptors (Lipinski definition) is 6. The van der Waals surface area contributed by atoms with Crippen LogP contribution in [0.1, 0.15) is 47.2 Å². The van der Waals surface area contributed by atoms with Gasteiger partial charge in [0.1, 0.15) is 12.4 Å². The number of ether oxygens (including phenoxy) is 1. The molecule has 0 saturated carbocycles. The van der Waals surface area contributed by atoms with E-state index in [4.69, 9.17) is 10.5 Å². The van der Waals surface area contributed by atoms with Crippen molar-refractivity contribution in [2.45, 2.75) is 44.5 Å². The number of amides is 1. The molecule has 2 aliphatic heterocycles. The van der Waals surface area contributed by atoms with E-state index in [1.54, 1.807) is 24.3 Å². The summed E-state index contributed by atoms with van der Waals surface area (Å²) in [5.41, 5.74) is 5.47. The number of rotatable bonds is 6. The van der Waals surface area contributed by atoms with Crippen molar-refractivity contribution in [3.63, 3.8) is 0 Å². The first-order valence-electron chi connectivity index (χ1n) is 12.9. The lowest BCUT2D eigenvalue weighted by Gasteiger charge is -2.36. The number of carbonyl (C=O) groups excluding carboxylic acids is 1. The minimum Gasteiger partial charge on any atom is -0.470 e. The molecule has 3 aromatic rings. The Kier molecular flexibility index (Phi) is 7.69. The van der Waals surface area contributed by atoms with E-state index < -0.39 is 29.7 Å². The zero-order chi connectivity index (χ0) is 27.6. The highest BCUT2D eigenvalue weighted by Crippen LogP contribution is 2.35. The Morgan fingerprint density at radius 1 is 1.05 bits per heavy atom. The lowest BCUT2D eigenvalue weighted by Crippen LogP contribution is -2.45. The molecule has 7 nitrogen and oxygen atoms in total. The SMILES string of the molecule is Nc1ncc(-c2cccc(C(=O)N3CCC(N4CCCC4)CC3)c2)nc1OCc1cccc(F)c1C(F)(F)F. The number of halogens is 4. The second kappa shape index (κ2) is 11.2. The first kappa shape index (κ1) is 26.9. The summed E-state index contributed by atoms with van der Waals surface area (Å²) in [5.74, 6) is -1.78. The zero-order valence-corrected chi connectivity index (χ0v) is 21.3. The second-order valence-corrected chi connectivity index (χ2v) is 9.85. The Morgan fingerprint density at radius 3 is 2.49 bits per heavy atom. The molecule has 39 heavy (non-hydrogen) atoms. The third-order valence-corrected chi connectivity index (χ3v) is 7.33. The molecule has 11 heteroatoms. The Bertz CT molecular complexity index is 1340. The molecule has 2 aliphatic rings. The summed E-state index contributed by atoms with van der Waals surface area (Å²) in [7, 11) is 0. The van der Waals surface area contributed by atoms with Crippen LogP contribution < -0.4 is 10.5 Å². The van der Waals surface area contributed by atoms with Gasteiger partial charge in [0.15, 0.2) is 5.82 Å². The smallest absolute Gasteiger partial charge is 0.419 e. The van der Waals surface area contributed by atoms with E-state index in [-0.39, 0.29) is 17.6 Å². The summed E-state index contributed by atoms with van der Waals surface area (Å²) >= 11 is 0. The predicted molar refractivity (Wildman–Crippen MR) is 137 cm³/mol. The van der Waals surface area contributed by atoms with Crippen LogP contribution in [-0.2, 0) is 12.8 Å². The Morgan fingerprint density at radius 2 is 1.77 bits per heavy atom. The van der Waals surface area contributed by atoms with Crippen molar-refractivity contribution in [1.82, 2.24) is 19.8 Å². The van der Waals surface area contributed by atoms with Crippen LogP contribution in [-0.4, -0.2) is 57.9 Å². The minimum absolute atomic E-state index is 0.0672. The first-order chi connectivity index (χ1) is 18.7. The van der Waals surface area contributed by atoms with E-state index in [2.05, 4.69) is 14.9 Å². The number of benzene rings is 2. The third kappa shape index (κ3) is 5.98. The standard InChI is InChI=1S/C28H29F4N5O2/c29-22-8-4-7-20(24(22)28(30,31)32)17-39-26-25(33)34-16-23(35-26)18-5-3-6-19(15-18)27(38)37-13-9-21(10-14-37)36-11-1-2-12-36/h3-8,15-16,21H,1-2,9-14,17H2,(H2,33,34). The number of piperidine rings is 1.